The number of rotatable bonds is 11. The van der Waals surface area contributed by atoms with E-state index in [4.69, 9.17) is 10.7 Å². The molecule has 1 heterocycles. The van der Waals surface area contributed by atoms with Gasteiger partial charge in [-0.1, -0.05) is 70.9 Å². The normalized spacial score (nSPS) is 12.8. The summed E-state index contributed by atoms with van der Waals surface area (Å²) in [6.07, 6.45) is 11.4. The molecule has 0 spiro atoms. The van der Waals surface area contributed by atoms with E-state index in [9.17, 15) is 0 Å². The molecule has 23 heavy (non-hydrogen) atoms. The number of nitrogens with two attached hydrogens (primary N) is 1. The van der Waals surface area contributed by atoms with Gasteiger partial charge < -0.3 is 10.3 Å². The zero-order valence-corrected chi connectivity index (χ0v) is 14.9. The van der Waals surface area contributed by atoms with Gasteiger partial charge in [-0.2, -0.15) is 0 Å². The quantitative estimate of drug-likeness (QED) is 0.549. The Balaban J connectivity index is 1.98. The second-order valence-corrected chi connectivity index (χ2v) is 6.63. The number of aromatic nitrogens is 2. The average Bonchev–Trinajstić information content (AvgIpc) is 2.93. The molecule has 0 fully saturated rings. The first-order valence-corrected chi connectivity index (χ1v) is 9.48. The lowest BCUT2D eigenvalue weighted by atomic mass is 10.1. The van der Waals surface area contributed by atoms with Crippen LogP contribution in [0.3, 0.4) is 0 Å². The molecule has 0 saturated heterocycles. The van der Waals surface area contributed by atoms with E-state index >= 15 is 0 Å². The van der Waals surface area contributed by atoms with Crippen LogP contribution in [0.25, 0.3) is 11.0 Å². The van der Waals surface area contributed by atoms with Crippen molar-refractivity contribution in [2.75, 3.05) is 0 Å². The minimum Gasteiger partial charge on any atom is -0.327 e. The average molecular weight is 316 g/mol. The van der Waals surface area contributed by atoms with Gasteiger partial charge in [0, 0.05) is 6.54 Å². The van der Waals surface area contributed by atoms with Gasteiger partial charge in [0.05, 0.1) is 17.1 Å². The molecule has 1 aromatic heterocycles. The zero-order valence-electron chi connectivity index (χ0n) is 14.9. The minimum absolute atomic E-state index is 0.0527. The SMILES string of the molecule is CCCCCCCCCn1c(C(N)CCC)nc2ccccc21. The summed E-state index contributed by atoms with van der Waals surface area (Å²) in [6.45, 7) is 5.50. The Morgan fingerprint density at radius 3 is 2.39 bits per heavy atom. The van der Waals surface area contributed by atoms with E-state index < -0.39 is 0 Å². The molecule has 1 unspecified atom stereocenters. The Morgan fingerprint density at radius 2 is 1.65 bits per heavy atom. The van der Waals surface area contributed by atoms with Crippen LogP contribution in [0.2, 0.25) is 0 Å². The van der Waals surface area contributed by atoms with Crippen molar-refractivity contribution in [3.8, 4) is 0 Å². The number of para-hydroxylation sites is 2. The fourth-order valence-electron chi connectivity index (χ4n) is 3.28. The zero-order chi connectivity index (χ0) is 16.5. The van der Waals surface area contributed by atoms with Gasteiger partial charge in [0.1, 0.15) is 5.82 Å². The minimum atomic E-state index is 0.0527. The van der Waals surface area contributed by atoms with Gasteiger partial charge in [-0.25, -0.2) is 4.98 Å². The maximum absolute atomic E-state index is 6.37. The molecule has 3 nitrogen and oxygen atoms in total. The van der Waals surface area contributed by atoms with Gasteiger partial charge in [0.25, 0.3) is 0 Å². The molecule has 2 aromatic rings. The van der Waals surface area contributed by atoms with Gasteiger partial charge in [0.15, 0.2) is 0 Å². The molecule has 0 radical (unpaired) electrons. The Hall–Kier alpha value is -1.35. The van der Waals surface area contributed by atoms with Crippen LogP contribution in [0.15, 0.2) is 24.3 Å². The number of aryl methyl sites for hydroxylation is 1. The van der Waals surface area contributed by atoms with Crippen LogP contribution in [0, 0.1) is 0 Å². The fraction of sp³-hybridized carbons (Fsp3) is 0.650. The molecular formula is C20H33N3. The molecule has 0 aliphatic carbocycles. The first kappa shape index (κ1) is 18.0. The van der Waals surface area contributed by atoms with E-state index in [1.807, 2.05) is 0 Å². The van der Waals surface area contributed by atoms with Crippen LogP contribution in [0.5, 0.6) is 0 Å². The summed E-state index contributed by atoms with van der Waals surface area (Å²) in [5.41, 5.74) is 8.69. The summed E-state index contributed by atoms with van der Waals surface area (Å²) in [5.74, 6) is 1.07. The maximum atomic E-state index is 6.37. The standard InChI is InChI=1S/C20H33N3/c1-3-5-6-7-8-9-12-16-23-19-15-11-10-14-18(19)22-20(23)17(21)13-4-2/h10-11,14-15,17H,3-9,12-13,16,21H2,1-2H3. The Bertz CT molecular complexity index is 573. The van der Waals surface area contributed by atoms with E-state index in [1.165, 1.54) is 50.5 Å². The Kier molecular flexibility index (Phi) is 7.60. The van der Waals surface area contributed by atoms with Crippen LogP contribution >= 0.6 is 0 Å². The van der Waals surface area contributed by atoms with Crippen LogP contribution in [0.1, 0.15) is 83.5 Å². The van der Waals surface area contributed by atoms with Crippen molar-refractivity contribution in [3.05, 3.63) is 30.1 Å². The predicted molar refractivity (Wildman–Crippen MR) is 99.6 cm³/mol. The van der Waals surface area contributed by atoms with Crippen LogP contribution in [0.4, 0.5) is 0 Å². The molecule has 2 rings (SSSR count). The molecule has 0 aliphatic rings. The summed E-state index contributed by atoms with van der Waals surface area (Å²) in [6, 6.07) is 8.48. The molecule has 1 aromatic carbocycles. The number of imidazole rings is 1. The van der Waals surface area contributed by atoms with Gasteiger partial charge in [-0.3, -0.25) is 0 Å². The molecule has 0 saturated carbocycles. The number of hydrogen-bond donors (Lipinski definition) is 1. The van der Waals surface area contributed by atoms with Crippen molar-refractivity contribution in [1.29, 1.82) is 0 Å². The van der Waals surface area contributed by atoms with Crippen LogP contribution < -0.4 is 5.73 Å². The molecule has 1 atom stereocenters. The summed E-state index contributed by atoms with van der Waals surface area (Å²) < 4.78 is 2.36. The van der Waals surface area contributed by atoms with Crippen LogP contribution in [-0.4, -0.2) is 9.55 Å². The topological polar surface area (TPSA) is 43.8 Å². The first-order valence-electron chi connectivity index (χ1n) is 9.48. The smallest absolute Gasteiger partial charge is 0.126 e. The van der Waals surface area contributed by atoms with E-state index in [-0.39, 0.29) is 6.04 Å². The number of unbranched alkanes of at least 4 members (excludes halogenated alkanes) is 6. The summed E-state index contributed by atoms with van der Waals surface area (Å²) in [5, 5.41) is 0. The molecule has 0 amide bonds. The third-order valence-corrected chi connectivity index (χ3v) is 4.60. The first-order chi connectivity index (χ1) is 11.3. The van der Waals surface area contributed by atoms with Crippen molar-refractivity contribution in [2.24, 2.45) is 5.73 Å². The highest BCUT2D eigenvalue weighted by atomic mass is 15.1. The van der Waals surface area contributed by atoms with Crippen molar-refractivity contribution < 1.29 is 0 Å². The van der Waals surface area contributed by atoms with Crippen molar-refractivity contribution >= 4 is 11.0 Å². The summed E-state index contributed by atoms with van der Waals surface area (Å²) in [7, 11) is 0. The number of benzene rings is 1. The second kappa shape index (κ2) is 9.71. The highest BCUT2D eigenvalue weighted by molar-refractivity contribution is 5.76. The summed E-state index contributed by atoms with van der Waals surface area (Å²) in [4.78, 5) is 4.81. The second-order valence-electron chi connectivity index (χ2n) is 6.63. The summed E-state index contributed by atoms with van der Waals surface area (Å²) >= 11 is 0. The molecule has 3 heteroatoms. The largest absolute Gasteiger partial charge is 0.327 e. The lowest BCUT2D eigenvalue weighted by Crippen LogP contribution is -2.16. The highest BCUT2D eigenvalue weighted by Crippen LogP contribution is 2.23. The molecule has 0 bridgehead atoms. The maximum Gasteiger partial charge on any atom is 0.126 e. The number of nitrogens with zero attached hydrogens (tertiary/aromatic N) is 2. The Morgan fingerprint density at radius 1 is 0.957 bits per heavy atom. The monoisotopic (exact) mass is 315 g/mol. The molecule has 128 valence electrons. The van der Waals surface area contributed by atoms with E-state index in [1.54, 1.807) is 0 Å². The van der Waals surface area contributed by atoms with Crippen molar-refractivity contribution in [1.82, 2.24) is 9.55 Å². The van der Waals surface area contributed by atoms with Crippen molar-refractivity contribution in [2.45, 2.75) is 84.2 Å². The molecule has 0 aliphatic heterocycles. The third-order valence-electron chi connectivity index (χ3n) is 4.60. The Labute approximate surface area is 141 Å². The molecular weight excluding hydrogens is 282 g/mol. The van der Waals surface area contributed by atoms with E-state index in [0.29, 0.717) is 0 Å². The highest BCUT2D eigenvalue weighted by Gasteiger charge is 2.15. The van der Waals surface area contributed by atoms with E-state index in [2.05, 4.69) is 42.7 Å². The predicted octanol–water partition coefficient (Wildman–Crippen LogP) is 5.59. The van der Waals surface area contributed by atoms with Gasteiger partial charge >= 0.3 is 0 Å². The van der Waals surface area contributed by atoms with Crippen molar-refractivity contribution in [3.63, 3.8) is 0 Å². The lowest BCUT2D eigenvalue weighted by Gasteiger charge is -2.14. The van der Waals surface area contributed by atoms with Gasteiger partial charge in [-0.05, 0) is 25.0 Å². The fourth-order valence-corrected chi connectivity index (χ4v) is 3.28. The van der Waals surface area contributed by atoms with E-state index in [0.717, 1.165) is 30.7 Å². The van der Waals surface area contributed by atoms with Gasteiger partial charge in [-0.15, -0.1) is 0 Å². The molecule has 2 N–H and O–H groups in total. The van der Waals surface area contributed by atoms with Crippen LogP contribution in [-0.2, 0) is 6.54 Å². The number of fused-ring (bicyclic) bond motifs is 1. The third kappa shape index (κ3) is 5.07. The number of hydrogen-bond acceptors (Lipinski definition) is 2. The van der Waals surface area contributed by atoms with Gasteiger partial charge in [0.2, 0.25) is 0 Å². The lowest BCUT2D eigenvalue weighted by molar-refractivity contribution is 0.517.